The van der Waals surface area contributed by atoms with Crippen molar-refractivity contribution < 1.29 is 18.7 Å². The molecule has 3 rings (SSSR count). The summed E-state index contributed by atoms with van der Waals surface area (Å²) >= 11 is 0. The van der Waals surface area contributed by atoms with E-state index in [1.54, 1.807) is 42.7 Å². The van der Waals surface area contributed by atoms with Gasteiger partial charge in [0.25, 0.3) is 11.8 Å². The molecule has 0 radical (unpaired) electrons. The van der Waals surface area contributed by atoms with Gasteiger partial charge in [-0.25, -0.2) is 0 Å². The lowest BCUT2D eigenvalue weighted by Crippen LogP contribution is -2.33. The highest BCUT2D eigenvalue weighted by Gasteiger charge is 2.21. The summed E-state index contributed by atoms with van der Waals surface area (Å²) in [5, 5.41) is 5.63. The number of hydrogen-bond acceptors (Lipinski definition) is 4. The quantitative estimate of drug-likeness (QED) is 0.572. The summed E-state index contributed by atoms with van der Waals surface area (Å²) in [5.41, 5.74) is 2.94. The Labute approximate surface area is 176 Å². The molecule has 1 atom stereocenters. The molecule has 0 bridgehead atoms. The zero-order chi connectivity index (χ0) is 21.5. The van der Waals surface area contributed by atoms with Gasteiger partial charge in [-0.15, -0.1) is 0 Å². The highest BCUT2D eigenvalue weighted by Crippen LogP contribution is 2.20. The Morgan fingerprint density at radius 3 is 2.43 bits per heavy atom. The molecule has 1 heterocycles. The lowest BCUT2D eigenvalue weighted by atomic mass is 10.1. The summed E-state index contributed by atoms with van der Waals surface area (Å²) in [6, 6.07) is 16.3. The van der Waals surface area contributed by atoms with E-state index in [1.165, 1.54) is 0 Å². The Morgan fingerprint density at radius 2 is 1.77 bits per heavy atom. The maximum absolute atomic E-state index is 12.9. The van der Waals surface area contributed by atoms with Gasteiger partial charge in [0.2, 0.25) is 0 Å². The summed E-state index contributed by atoms with van der Waals surface area (Å²) in [7, 11) is 0. The fourth-order valence-electron chi connectivity index (χ4n) is 3.17. The minimum atomic E-state index is -0.676. The molecule has 0 spiro atoms. The number of rotatable bonds is 8. The van der Waals surface area contributed by atoms with Crippen LogP contribution in [-0.2, 0) is 11.3 Å². The van der Waals surface area contributed by atoms with Gasteiger partial charge >= 0.3 is 0 Å². The van der Waals surface area contributed by atoms with E-state index in [0.29, 0.717) is 29.2 Å². The molecule has 0 aliphatic carbocycles. The maximum atomic E-state index is 12.9. The van der Waals surface area contributed by atoms with Gasteiger partial charge in [-0.1, -0.05) is 25.1 Å². The van der Waals surface area contributed by atoms with Crippen LogP contribution in [0.5, 0.6) is 5.75 Å². The van der Waals surface area contributed by atoms with Gasteiger partial charge in [0, 0.05) is 0 Å². The minimum absolute atomic E-state index is 0.265. The lowest BCUT2D eigenvalue weighted by molar-refractivity contribution is -0.122. The van der Waals surface area contributed by atoms with E-state index in [1.807, 2.05) is 39.0 Å². The first-order chi connectivity index (χ1) is 14.5. The van der Waals surface area contributed by atoms with Crippen LogP contribution in [0.25, 0.3) is 0 Å². The Balaban J connectivity index is 1.69. The van der Waals surface area contributed by atoms with E-state index in [9.17, 15) is 9.59 Å². The average Bonchev–Trinajstić information content (AvgIpc) is 3.23. The number of amides is 2. The van der Waals surface area contributed by atoms with Crippen LogP contribution < -0.4 is 15.4 Å². The number of anilines is 1. The Morgan fingerprint density at radius 1 is 1.03 bits per heavy atom. The SMILES string of the molecule is CCC(Oc1cc(C)cc(C)c1)C(=O)Nc1ccccc1C(=O)NCc1ccco1. The number of furan rings is 1. The molecule has 1 unspecified atom stereocenters. The van der Waals surface area contributed by atoms with Crippen molar-refractivity contribution in [1.82, 2.24) is 5.32 Å². The molecule has 6 heteroatoms. The number of benzene rings is 2. The number of para-hydroxylation sites is 1. The molecule has 0 saturated heterocycles. The topological polar surface area (TPSA) is 80.6 Å². The van der Waals surface area contributed by atoms with Crippen molar-refractivity contribution in [2.24, 2.45) is 0 Å². The smallest absolute Gasteiger partial charge is 0.265 e. The summed E-state index contributed by atoms with van der Waals surface area (Å²) in [4.78, 5) is 25.5. The van der Waals surface area contributed by atoms with Crippen molar-refractivity contribution in [2.75, 3.05) is 5.32 Å². The summed E-state index contributed by atoms with van der Waals surface area (Å²) in [5.74, 6) is 0.699. The first-order valence-corrected chi connectivity index (χ1v) is 9.91. The predicted octanol–water partition coefficient (Wildman–Crippen LogP) is 4.62. The van der Waals surface area contributed by atoms with E-state index in [4.69, 9.17) is 9.15 Å². The Hall–Kier alpha value is -3.54. The number of carbonyl (C=O) groups is 2. The van der Waals surface area contributed by atoms with Gasteiger partial charge in [0.15, 0.2) is 6.10 Å². The van der Waals surface area contributed by atoms with Crippen LogP contribution in [0.3, 0.4) is 0 Å². The third-order valence-electron chi connectivity index (χ3n) is 4.57. The largest absolute Gasteiger partial charge is 0.481 e. The molecule has 2 N–H and O–H groups in total. The lowest BCUT2D eigenvalue weighted by Gasteiger charge is -2.19. The summed E-state index contributed by atoms with van der Waals surface area (Å²) in [6.45, 7) is 6.12. The number of ether oxygens (including phenoxy) is 1. The molecule has 0 aliphatic rings. The highest BCUT2D eigenvalue weighted by molar-refractivity contribution is 6.04. The molecule has 1 aromatic heterocycles. The standard InChI is InChI=1S/C24H26N2O4/c1-4-22(30-19-13-16(2)12-17(3)14-19)24(28)26-21-10-6-5-9-20(21)23(27)25-15-18-8-7-11-29-18/h5-14,22H,4,15H2,1-3H3,(H,25,27)(H,26,28). The van der Waals surface area contributed by atoms with Gasteiger partial charge in [-0.2, -0.15) is 0 Å². The van der Waals surface area contributed by atoms with Gasteiger partial charge < -0.3 is 19.8 Å². The predicted molar refractivity (Wildman–Crippen MR) is 116 cm³/mol. The maximum Gasteiger partial charge on any atom is 0.265 e. The average molecular weight is 406 g/mol. The van der Waals surface area contributed by atoms with Crippen molar-refractivity contribution in [1.29, 1.82) is 0 Å². The van der Waals surface area contributed by atoms with Crippen molar-refractivity contribution >= 4 is 17.5 Å². The van der Waals surface area contributed by atoms with E-state index in [0.717, 1.165) is 11.1 Å². The van der Waals surface area contributed by atoms with E-state index >= 15 is 0 Å². The van der Waals surface area contributed by atoms with Crippen molar-refractivity contribution in [2.45, 2.75) is 39.8 Å². The zero-order valence-corrected chi connectivity index (χ0v) is 17.4. The van der Waals surface area contributed by atoms with Crippen LogP contribution in [0.4, 0.5) is 5.69 Å². The van der Waals surface area contributed by atoms with Crippen LogP contribution in [0.15, 0.2) is 65.3 Å². The van der Waals surface area contributed by atoms with Gasteiger partial charge in [-0.3, -0.25) is 9.59 Å². The fraction of sp³-hybridized carbons (Fsp3) is 0.250. The summed E-state index contributed by atoms with van der Waals surface area (Å²) in [6.07, 6.45) is 1.37. The molecular formula is C24H26N2O4. The molecule has 6 nitrogen and oxygen atoms in total. The third kappa shape index (κ3) is 5.50. The van der Waals surface area contributed by atoms with Crippen molar-refractivity contribution in [3.63, 3.8) is 0 Å². The fourth-order valence-corrected chi connectivity index (χ4v) is 3.17. The van der Waals surface area contributed by atoms with Crippen LogP contribution >= 0.6 is 0 Å². The third-order valence-corrected chi connectivity index (χ3v) is 4.57. The highest BCUT2D eigenvalue weighted by atomic mass is 16.5. The van der Waals surface area contributed by atoms with Gasteiger partial charge in [0.05, 0.1) is 24.1 Å². The molecule has 2 aromatic carbocycles. The molecule has 0 aliphatic heterocycles. The molecule has 156 valence electrons. The van der Waals surface area contributed by atoms with Gasteiger partial charge in [-0.05, 0) is 67.8 Å². The molecule has 0 fully saturated rings. The molecule has 3 aromatic rings. The second-order valence-electron chi connectivity index (χ2n) is 7.14. The minimum Gasteiger partial charge on any atom is -0.481 e. The summed E-state index contributed by atoms with van der Waals surface area (Å²) < 4.78 is 11.2. The Bertz CT molecular complexity index is 992. The van der Waals surface area contributed by atoms with E-state index in [2.05, 4.69) is 10.6 Å². The number of hydrogen-bond donors (Lipinski definition) is 2. The zero-order valence-electron chi connectivity index (χ0n) is 17.4. The molecule has 0 saturated carbocycles. The van der Waals surface area contributed by atoms with Crippen LogP contribution in [0, 0.1) is 13.8 Å². The van der Waals surface area contributed by atoms with E-state index in [-0.39, 0.29) is 18.4 Å². The van der Waals surface area contributed by atoms with Crippen LogP contribution in [-0.4, -0.2) is 17.9 Å². The molecular weight excluding hydrogens is 380 g/mol. The number of carbonyl (C=O) groups excluding carboxylic acids is 2. The first-order valence-electron chi connectivity index (χ1n) is 9.91. The van der Waals surface area contributed by atoms with Crippen LogP contribution in [0.1, 0.15) is 40.6 Å². The van der Waals surface area contributed by atoms with Crippen LogP contribution in [0.2, 0.25) is 0 Å². The van der Waals surface area contributed by atoms with Crippen molar-refractivity contribution in [3.05, 3.63) is 83.3 Å². The molecule has 30 heavy (non-hydrogen) atoms. The first kappa shape index (κ1) is 21.2. The van der Waals surface area contributed by atoms with Gasteiger partial charge in [0.1, 0.15) is 11.5 Å². The second-order valence-corrected chi connectivity index (χ2v) is 7.14. The van der Waals surface area contributed by atoms with Crippen molar-refractivity contribution in [3.8, 4) is 5.75 Å². The molecule has 2 amide bonds. The monoisotopic (exact) mass is 406 g/mol. The van der Waals surface area contributed by atoms with E-state index < -0.39 is 6.10 Å². The second kappa shape index (κ2) is 9.78. The normalized spacial score (nSPS) is 11.6. The Kier molecular flexibility index (Phi) is 6.91. The number of aryl methyl sites for hydroxylation is 2. The number of nitrogens with one attached hydrogen (secondary N) is 2.